The van der Waals surface area contributed by atoms with Gasteiger partial charge in [0.15, 0.2) is 11.2 Å². The standard InChI is InChI=1S/C32H31N5O4/c1-2-32(27(38)10-12-35-13-15-36(16-14-35)28-9-5-6-11-33-28)24-18-26-29-22(17-21-7-3-4-8-25(21)34-29)19-37(26)30(39)23(24)20-41-31(32)40/h3-9,11,17-18H,2,10,12-16,19-20H2,1H3/t32-/m1/s1. The lowest BCUT2D eigenvalue weighted by Crippen LogP contribution is -2.51. The zero-order valence-electron chi connectivity index (χ0n) is 23.0. The van der Waals surface area contributed by atoms with E-state index in [1.807, 2.05) is 55.5 Å². The Morgan fingerprint density at radius 3 is 2.61 bits per heavy atom. The van der Waals surface area contributed by atoms with E-state index in [-0.39, 0.29) is 30.8 Å². The summed E-state index contributed by atoms with van der Waals surface area (Å²) in [5.74, 6) is 0.191. The van der Waals surface area contributed by atoms with Gasteiger partial charge in [-0.05, 0) is 42.3 Å². The number of cyclic esters (lactones) is 1. The van der Waals surface area contributed by atoms with Gasteiger partial charge in [0.05, 0.1) is 29.0 Å². The van der Waals surface area contributed by atoms with E-state index in [0.29, 0.717) is 29.9 Å². The van der Waals surface area contributed by atoms with Crippen LogP contribution in [0.1, 0.15) is 36.5 Å². The van der Waals surface area contributed by atoms with Crippen molar-refractivity contribution in [2.45, 2.75) is 38.3 Å². The fraction of sp³-hybridized carbons (Fsp3) is 0.344. The Kier molecular flexibility index (Phi) is 6.19. The molecule has 1 aromatic carbocycles. The third-order valence-corrected chi connectivity index (χ3v) is 8.94. The molecule has 1 saturated heterocycles. The minimum Gasteiger partial charge on any atom is -0.460 e. The molecule has 0 amide bonds. The van der Waals surface area contributed by atoms with Crippen LogP contribution in [-0.4, -0.2) is 63.9 Å². The van der Waals surface area contributed by atoms with Crippen LogP contribution < -0.4 is 10.5 Å². The highest BCUT2D eigenvalue weighted by atomic mass is 16.5. The highest BCUT2D eigenvalue weighted by Crippen LogP contribution is 2.41. The van der Waals surface area contributed by atoms with Gasteiger partial charge in [0.2, 0.25) is 0 Å². The molecule has 9 heteroatoms. The molecule has 0 spiro atoms. The predicted octanol–water partition coefficient (Wildman–Crippen LogP) is 3.31. The Morgan fingerprint density at radius 1 is 1.02 bits per heavy atom. The molecule has 3 aliphatic heterocycles. The van der Waals surface area contributed by atoms with Crippen molar-refractivity contribution < 1.29 is 14.3 Å². The molecular weight excluding hydrogens is 518 g/mol. The van der Waals surface area contributed by atoms with Gasteiger partial charge in [0.25, 0.3) is 5.56 Å². The van der Waals surface area contributed by atoms with Crippen LogP contribution in [-0.2, 0) is 32.9 Å². The van der Waals surface area contributed by atoms with Crippen molar-refractivity contribution >= 4 is 28.5 Å². The largest absolute Gasteiger partial charge is 0.460 e. The molecule has 0 radical (unpaired) electrons. The Labute approximate surface area is 237 Å². The number of fused-ring (bicyclic) bond motifs is 5. The van der Waals surface area contributed by atoms with Crippen molar-refractivity contribution in [1.82, 2.24) is 19.4 Å². The number of nitrogens with zero attached hydrogens (tertiary/aromatic N) is 5. The number of Topliss-reactive ketones (excluding diaryl/α,β-unsaturated/α-hetero) is 1. The normalized spacial score (nSPS) is 19.9. The van der Waals surface area contributed by atoms with Gasteiger partial charge in [-0.3, -0.25) is 19.3 Å². The minimum atomic E-state index is -1.50. The molecule has 0 saturated carbocycles. The number of piperazine rings is 1. The average molecular weight is 550 g/mol. The van der Waals surface area contributed by atoms with Crippen LogP contribution in [0.4, 0.5) is 5.82 Å². The van der Waals surface area contributed by atoms with Crippen LogP contribution in [0, 0.1) is 0 Å². The van der Waals surface area contributed by atoms with E-state index < -0.39 is 11.4 Å². The Balaban J connectivity index is 1.18. The van der Waals surface area contributed by atoms with Crippen LogP contribution in [0.25, 0.3) is 22.3 Å². The van der Waals surface area contributed by atoms with Gasteiger partial charge in [-0.25, -0.2) is 9.97 Å². The number of carbonyl (C=O) groups is 2. The summed E-state index contributed by atoms with van der Waals surface area (Å²) in [6.07, 6.45) is 2.22. The number of para-hydroxylation sites is 1. The average Bonchev–Trinajstić information content (AvgIpc) is 3.37. The monoisotopic (exact) mass is 549 g/mol. The molecule has 0 bridgehead atoms. The molecule has 4 aromatic rings. The van der Waals surface area contributed by atoms with Gasteiger partial charge in [0.1, 0.15) is 12.4 Å². The molecule has 0 aliphatic carbocycles. The van der Waals surface area contributed by atoms with E-state index in [2.05, 4.69) is 20.9 Å². The lowest BCUT2D eigenvalue weighted by Gasteiger charge is -2.37. The molecular formula is C32H31N5O4. The highest BCUT2D eigenvalue weighted by molar-refractivity contribution is 6.10. The van der Waals surface area contributed by atoms with Crippen molar-refractivity contribution in [3.8, 4) is 11.4 Å². The summed E-state index contributed by atoms with van der Waals surface area (Å²) in [7, 11) is 0. The number of anilines is 1. The number of rotatable bonds is 6. The summed E-state index contributed by atoms with van der Waals surface area (Å²) in [5.41, 5.74) is 2.33. The van der Waals surface area contributed by atoms with Crippen LogP contribution >= 0.6 is 0 Å². The number of esters is 1. The van der Waals surface area contributed by atoms with Gasteiger partial charge >= 0.3 is 5.97 Å². The Bertz CT molecular complexity index is 1740. The number of ketones is 1. The maximum Gasteiger partial charge on any atom is 0.324 e. The van der Waals surface area contributed by atoms with E-state index in [1.165, 1.54) is 0 Å². The molecule has 1 fully saturated rings. The lowest BCUT2D eigenvalue weighted by atomic mass is 9.70. The lowest BCUT2D eigenvalue weighted by molar-refractivity contribution is -0.158. The first kappa shape index (κ1) is 25.6. The summed E-state index contributed by atoms with van der Waals surface area (Å²) >= 11 is 0. The fourth-order valence-electron chi connectivity index (χ4n) is 6.62. The van der Waals surface area contributed by atoms with E-state index in [1.54, 1.807) is 10.8 Å². The predicted molar refractivity (Wildman–Crippen MR) is 155 cm³/mol. The van der Waals surface area contributed by atoms with E-state index in [9.17, 15) is 14.4 Å². The SMILES string of the molecule is CC[C@@]1(C(=O)CCN2CCN(c3ccccn3)CC2)C(=O)OCc2c1cc1n(c2=O)Cc2cc3ccccc3nc2-1. The summed E-state index contributed by atoms with van der Waals surface area (Å²) in [6, 6.07) is 17.7. The van der Waals surface area contributed by atoms with Gasteiger partial charge < -0.3 is 14.2 Å². The molecule has 0 unspecified atom stereocenters. The van der Waals surface area contributed by atoms with E-state index >= 15 is 0 Å². The number of ether oxygens (including phenoxy) is 1. The van der Waals surface area contributed by atoms with Crippen LogP contribution in [0.15, 0.2) is 65.6 Å². The first-order valence-corrected chi connectivity index (χ1v) is 14.2. The maximum absolute atomic E-state index is 14.0. The number of carbonyl (C=O) groups excluding carboxylic acids is 2. The zero-order valence-corrected chi connectivity index (χ0v) is 23.0. The molecule has 9 nitrogen and oxygen atoms in total. The molecule has 0 N–H and O–H groups in total. The van der Waals surface area contributed by atoms with Crippen LogP contribution in [0.3, 0.4) is 0 Å². The van der Waals surface area contributed by atoms with Crippen molar-refractivity contribution in [1.29, 1.82) is 0 Å². The third kappa shape index (κ3) is 4.06. The second-order valence-electron chi connectivity index (χ2n) is 11.0. The molecule has 6 heterocycles. The second-order valence-corrected chi connectivity index (χ2v) is 11.0. The number of aromatic nitrogens is 3. The number of pyridine rings is 3. The summed E-state index contributed by atoms with van der Waals surface area (Å²) in [4.78, 5) is 55.0. The van der Waals surface area contributed by atoms with E-state index in [0.717, 1.165) is 54.2 Å². The van der Waals surface area contributed by atoms with Gasteiger partial charge in [-0.2, -0.15) is 0 Å². The maximum atomic E-state index is 14.0. The first-order valence-electron chi connectivity index (χ1n) is 14.2. The summed E-state index contributed by atoms with van der Waals surface area (Å²) < 4.78 is 7.25. The molecule has 41 heavy (non-hydrogen) atoms. The zero-order chi connectivity index (χ0) is 28.1. The Morgan fingerprint density at radius 2 is 1.83 bits per heavy atom. The van der Waals surface area contributed by atoms with Crippen molar-refractivity contribution in [2.24, 2.45) is 0 Å². The minimum absolute atomic E-state index is 0.121. The molecule has 208 valence electrons. The number of hydrogen-bond donors (Lipinski definition) is 0. The van der Waals surface area contributed by atoms with Crippen molar-refractivity contribution in [3.05, 3.63) is 87.8 Å². The van der Waals surface area contributed by atoms with Gasteiger partial charge in [-0.15, -0.1) is 0 Å². The first-order chi connectivity index (χ1) is 20.0. The van der Waals surface area contributed by atoms with Crippen molar-refractivity contribution in [3.63, 3.8) is 0 Å². The fourth-order valence-corrected chi connectivity index (χ4v) is 6.62. The molecule has 3 aliphatic rings. The molecule has 1 atom stereocenters. The summed E-state index contributed by atoms with van der Waals surface area (Å²) in [6.45, 7) is 5.89. The van der Waals surface area contributed by atoms with Gasteiger partial charge in [-0.1, -0.05) is 31.2 Å². The van der Waals surface area contributed by atoms with E-state index in [4.69, 9.17) is 9.72 Å². The smallest absolute Gasteiger partial charge is 0.324 e. The summed E-state index contributed by atoms with van der Waals surface area (Å²) in [5, 5.41) is 1.01. The van der Waals surface area contributed by atoms with Crippen molar-refractivity contribution in [2.75, 3.05) is 37.6 Å². The molecule has 7 rings (SSSR count). The number of hydrogen-bond acceptors (Lipinski definition) is 8. The van der Waals surface area contributed by atoms with Gasteiger partial charge in [0, 0.05) is 56.3 Å². The van der Waals surface area contributed by atoms with Crippen LogP contribution in [0.2, 0.25) is 0 Å². The Hall–Kier alpha value is -4.37. The topological polar surface area (TPSA) is 97.6 Å². The number of benzene rings is 1. The molecule has 3 aromatic heterocycles. The van der Waals surface area contributed by atoms with Crippen LogP contribution in [0.5, 0.6) is 0 Å². The highest BCUT2D eigenvalue weighted by Gasteiger charge is 2.52. The second kappa shape index (κ2) is 9.92. The third-order valence-electron chi connectivity index (χ3n) is 8.94. The quantitative estimate of drug-likeness (QED) is 0.235.